The number of aromatic amines is 1. The van der Waals surface area contributed by atoms with Crippen molar-refractivity contribution in [2.75, 3.05) is 5.73 Å². The molecule has 0 saturated heterocycles. The van der Waals surface area contributed by atoms with Crippen LogP contribution < -0.4 is 11.5 Å². The van der Waals surface area contributed by atoms with Crippen molar-refractivity contribution in [2.24, 2.45) is 0 Å². The van der Waals surface area contributed by atoms with Gasteiger partial charge in [0, 0.05) is 11.8 Å². The molecule has 0 fully saturated rings. The molecule has 1 aliphatic carbocycles. The molecule has 6 nitrogen and oxygen atoms in total. The molecule has 0 aliphatic heterocycles. The summed E-state index contributed by atoms with van der Waals surface area (Å²) >= 11 is 0. The summed E-state index contributed by atoms with van der Waals surface area (Å²) < 4.78 is 7.04. The quantitative estimate of drug-likeness (QED) is 0.659. The number of imidazole rings is 1. The highest BCUT2D eigenvalue weighted by molar-refractivity contribution is 5.82. The molecule has 0 bridgehead atoms. The van der Waals surface area contributed by atoms with Gasteiger partial charge in [0.25, 0.3) is 0 Å². The molecule has 4 rings (SSSR count). The Morgan fingerprint density at radius 2 is 2.15 bits per heavy atom. The highest BCUT2D eigenvalue weighted by atomic mass is 16.4. The summed E-state index contributed by atoms with van der Waals surface area (Å²) in [6.07, 6.45) is 6.20. The third-order valence-electron chi connectivity index (χ3n) is 3.86. The first-order valence-electron chi connectivity index (χ1n) is 6.70. The van der Waals surface area contributed by atoms with Crippen molar-refractivity contribution in [1.82, 2.24) is 14.5 Å². The second-order valence-electron chi connectivity index (χ2n) is 5.14. The van der Waals surface area contributed by atoms with Gasteiger partial charge in [-0.25, -0.2) is 9.78 Å². The lowest BCUT2D eigenvalue weighted by Crippen LogP contribution is -2.08. The monoisotopic (exact) mass is 270 g/mol. The molecule has 102 valence electrons. The Morgan fingerprint density at radius 3 is 3.05 bits per heavy atom. The van der Waals surface area contributed by atoms with Crippen LogP contribution in [-0.2, 0) is 12.8 Å². The summed E-state index contributed by atoms with van der Waals surface area (Å²) in [6, 6.07) is 3.52. The third-order valence-corrected chi connectivity index (χ3v) is 3.86. The van der Waals surface area contributed by atoms with E-state index >= 15 is 0 Å². The lowest BCUT2D eigenvalue weighted by molar-refractivity contribution is 0.555. The number of H-pyrrole nitrogens is 1. The number of aryl methyl sites for hydroxylation is 1. The number of nitrogens with two attached hydrogens (primary N) is 1. The molecule has 2 aromatic heterocycles. The van der Waals surface area contributed by atoms with E-state index in [1.807, 2.05) is 17.0 Å². The van der Waals surface area contributed by atoms with Crippen molar-refractivity contribution >= 4 is 16.8 Å². The van der Waals surface area contributed by atoms with Gasteiger partial charge in [-0.05, 0) is 31.7 Å². The summed E-state index contributed by atoms with van der Waals surface area (Å²) in [4.78, 5) is 18.4. The molecule has 3 N–H and O–H groups in total. The zero-order chi connectivity index (χ0) is 13.7. The standard InChI is InChI=1S/C14H14N4O2/c15-8-5-13-10(17-14(19)20-13)6-12(8)18-7-16-9-3-1-2-4-11(9)18/h5-7H,1-4,15H2,(H,17,19). The van der Waals surface area contributed by atoms with Crippen molar-refractivity contribution in [1.29, 1.82) is 0 Å². The van der Waals surface area contributed by atoms with Crippen molar-refractivity contribution in [3.8, 4) is 5.69 Å². The van der Waals surface area contributed by atoms with Gasteiger partial charge in [0.2, 0.25) is 0 Å². The lowest BCUT2D eigenvalue weighted by atomic mass is 10.0. The molecule has 3 aromatic rings. The maximum atomic E-state index is 11.2. The Hall–Kier alpha value is -2.50. The molecule has 1 aromatic carbocycles. The van der Waals surface area contributed by atoms with E-state index in [1.54, 1.807) is 6.07 Å². The average molecular weight is 270 g/mol. The Kier molecular flexibility index (Phi) is 2.26. The number of hydrogen-bond acceptors (Lipinski definition) is 4. The predicted octanol–water partition coefficient (Wildman–Crippen LogP) is 1.77. The number of nitrogen functional groups attached to an aromatic ring is 1. The van der Waals surface area contributed by atoms with Crippen LogP contribution in [-0.4, -0.2) is 14.5 Å². The first-order chi connectivity index (χ1) is 9.72. The summed E-state index contributed by atoms with van der Waals surface area (Å²) in [6.45, 7) is 0. The van der Waals surface area contributed by atoms with E-state index in [2.05, 4.69) is 9.97 Å². The third kappa shape index (κ3) is 1.57. The summed E-state index contributed by atoms with van der Waals surface area (Å²) in [7, 11) is 0. The van der Waals surface area contributed by atoms with E-state index in [4.69, 9.17) is 10.2 Å². The maximum absolute atomic E-state index is 11.2. The van der Waals surface area contributed by atoms with Crippen molar-refractivity contribution in [3.05, 3.63) is 40.4 Å². The second kappa shape index (κ2) is 4.00. The minimum atomic E-state index is -0.468. The summed E-state index contributed by atoms with van der Waals surface area (Å²) in [5.74, 6) is -0.468. The molecular formula is C14H14N4O2. The molecule has 0 unspecified atom stereocenters. The zero-order valence-electron chi connectivity index (χ0n) is 10.8. The van der Waals surface area contributed by atoms with Crippen LogP contribution in [0.1, 0.15) is 24.2 Å². The van der Waals surface area contributed by atoms with Crippen LogP contribution in [0.2, 0.25) is 0 Å². The molecular weight excluding hydrogens is 256 g/mol. The van der Waals surface area contributed by atoms with Gasteiger partial charge in [-0.1, -0.05) is 0 Å². The van der Waals surface area contributed by atoms with Gasteiger partial charge in [-0.15, -0.1) is 0 Å². The fourth-order valence-corrected chi connectivity index (χ4v) is 2.89. The second-order valence-corrected chi connectivity index (χ2v) is 5.14. The van der Waals surface area contributed by atoms with Gasteiger partial charge in [0.1, 0.15) is 0 Å². The number of anilines is 1. The van der Waals surface area contributed by atoms with E-state index in [9.17, 15) is 4.79 Å². The molecule has 2 heterocycles. The van der Waals surface area contributed by atoms with Crippen molar-refractivity contribution < 1.29 is 4.42 Å². The van der Waals surface area contributed by atoms with Crippen LogP contribution >= 0.6 is 0 Å². The summed E-state index contributed by atoms with van der Waals surface area (Å²) in [5.41, 5.74) is 11.0. The Labute approximate surface area is 114 Å². The van der Waals surface area contributed by atoms with Crippen LogP contribution in [0.5, 0.6) is 0 Å². The molecule has 20 heavy (non-hydrogen) atoms. The molecule has 6 heteroatoms. The zero-order valence-corrected chi connectivity index (χ0v) is 10.8. The van der Waals surface area contributed by atoms with Crippen LogP contribution in [0, 0.1) is 0 Å². The first-order valence-corrected chi connectivity index (χ1v) is 6.70. The maximum Gasteiger partial charge on any atom is 0.417 e. The molecule has 1 aliphatic rings. The van der Waals surface area contributed by atoms with Gasteiger partial charge in [0.15, 0.2) is 5.58 Å². The number of rotatable bonds is 1. The molecule has 0 radical (unpaired) electrons. The largest absolute Gasteiger partial charge is 0.417 e. The Balaban J connectivity index is 1.95. The highest BCUT2D eigenvalue weighted by Crippen LogP contribution is 2.28. The first kappa shape index (κ1) is 11.3. The van der Waals surface area contributed by atoms with Gasteiger partial charge in [-0.2, -0.15) is 0 Å². The lowest BCUT2D eigenvalue weighted by Gasteiger charge is -2.15. The fraction of sp³-hybridized carbons (Fsp3) is 0.286. The van der Waals surface area contributed by atoms with Gasteiger partial charge in [-0.3, -0.25) is 4.98 Å². The van der Waals surface area contributed by atoms with Crippen LogP contribution in [0.3, 0.4) is 0 Å². The highest BCUT2D eigenvalue weighted by Gasteiger charge is 2.18. The minimum Gasteiger partial charge on any atom is -0.408 e. The molecule has 0 spiro atoms. The van der Waals surface area contributed by atoms with E-state index in [0.717, 1.165) is 24.2 Å². The average Bonchev–Trinajstić information content (AvgIpc) is 3.00. The van der Waals surface area contributed by atoms with E-state index in [1.165, 1.54) is 18.5 Å². The molecule has 0 saturated carbocycles. The smallest absolute Gasteiger partial charge is 0.408 e. The molecule has 0 amide bonds. The predicted molar refractivity (Wildman–Crippen MR) is 75.0 cm³/mol. The van der Waals surface area contributed by atoms with Crippen LogP contribution in [0.25, 0.3) is 16.8 Å². The van der Waals surface area contributed by atoms with Crippen molar-refractivity contribution in [3.63, 3.8) is 0 Å². The number of fused-ring (bicyclic) bond motifs is 2. The normalized spacial score (nSPS) is 14.6. The Morgan fingerprint density at radius 1 is 1.30 bits per heavy atom. The molecule has 0 atom stereocenters. The fourth-order valence-electron chi connectivity index (χ4n) is 2.89. The number of oxazole rings is 1. The van der Waals surface area contributed by atoms with E-state index in [-0.39, 0.29) is 0 Å². The SMILES string of the molecule is Nc1cc2oc(=O)[nH]c2cc1-n1cnc2c1CCCC2. The van der Waals surface area contributed by atoms with Crippen molar-refractivity contribution in [2.45, 2.75) is 25.7 Å². The number of aromatic nitrogens is 3. The van der Waals surface area contributed by atoms with Gasteiger partial charge < -0.3 is 14.7 Å². The summed E-state index contributed by atoms with van der Waals surface area (Å²) in [5, 5.41) is 0. The van der Waals surface area contributed by atoms with Crippen LogP contribution in [0.4, 0.5) is 5.69 Å². The van der Waals surface area contributed by atoms with E-state index in [0.29, 0.717) is 16.8 Å². The van der Waals surface area contributed by atoms with E-state index < -0.39 is 5.76 Å². The minimum absolute atomic E-state index is 0.468. The number of nitrogens with zero attached hydrogens (tertiary/aromatic N) is 2. The topological polar surface area (TPSA) is 89.8 Å². The number of benzene rings is 1. The Bertz CT molecular complexity index is 856. The van der Waals surface area contributed by atoms with Gasteiger partial charge >= 0.3 is 5.76 Å². The number of hydrogen-bond donors (Lipinski definition) is 2. The van der Waals surface area contributed by atoms with Crippen LogP contribution in [0.15, 0.2) is 27.7 Å². The van der Waals surface area contributed by atoms with Gasteiger partial charge in [0.05, 0.1) is 28.9 Å². The number of nitrogens with one attached hydrogen (secondary N) is 1.